The summed E-state index contributed by atoms with van der Waals surface area (Å²) in [4.78, 5) is 14.4. The fraction of sp³-hybridized carbons (Fsp3) is 0.316. The smallest absolute Gasteiger partial charge is 0.245 e. The molecular formula is C19H23FN2O3S. The number of carbonyl (C=O) groups is 1. The van der Waals surface area contributed by atoms with E-state index in [1.54, 1.807) is 35.2 Å². The first-order valence-electron chi connectivity index (χ1n) is 8.42. The first kappa shape index (κ1) is 20.1. The second-order valence-electron chi connectivity index (χ2n) is 5.89. The van der Waals surface area contributed by atoms with Gasteiger partial charge in [0.1, 0.15) is 11.9 Å². The minimum atomic E-state index is -4.01. The number of aryl methyl sites for hydroxylation is 1. The number of sulfonamides is 1. The lowest BCUT2D eigenvalue weighted by Gasteiger charge is -2.26. The van der Waals surface area contributed by atoms with Crippen molar-refractivity contribution in [2.24, 2.45) is 0 Å². The van der Waals surface area contributed by atoms with E-state index in [0.717, 1.165) is 6.07 Å². The molecule has 0 fully saturated rings. The van der Waals surface area contributed by atoms with Gasteiger partial charge in [0.15, 0.2) is 0 Å². The molecule has 0 aromatic heterocycles. The monoisotopic (exact) mass is 378 g/mol. The third-order valence-electron chi connectivity index (χ3n) is 4.17. The average molecular weight is 378 g/mol. The molecule has 2 aromatic carbocycles. The minimum absolute atomic E-state index is 0.0790. The Morgan fingerprint density at radius 2 is 1.73 bits per heavy atom. The van der Waals surface area contributed by atoms with Crippen molar-refractivity contribution in [1.29, 1.82) is 0 Å². The lowest BCUT2D eigenvalue weighted by atomic mass is 10.1. The number of hydrogen-bond acceptors (Lipinski definition) is 3. The summed E-state index contributed by atoms with van der Waals surface area (Å²) in [7, 11) is -4.01. The molecule has 5 nitrogen and oxygen atoms in total. The summed E-state index contributed by atoms with van der Waals surface area (Å²) in [6.45, 7) is 6.10. The van der Waals surface area contributed by atoms with Crippen molar-refractivity contribution in [3.63, 3.8) is 0 Å². The predicted octanol–water partition coefficient (Wildman–Crippen LogP) is 3.02. The molecule has 0 bridgehead atoms. The van der Waals surface area contributed by atoms with Crippen LogP contribution in [0.3, 0.4) is 0 Å². The summed E-state index contributed by atoms with van der Waals surface area (Å²) in [5.41, 5.74) is 0.769. The SMILES string of the molecule is CCN(CC)C(=O)[C@@H](NS(=O)(=O)c1ccc(F)c(C)c1)c1ccccc1. The summed E-state index contributed by atoms with van der Waals surface area (Å²) >= 11 is 0. The maximum Gasteiger partial charge on any atom is 0.245 e. The van der Waals surface area contributed by atoms with E-state index in [0.29, 0.717) is 18.7 Å². The number of amides is 1. The molecule has 1 amide bonds. The molecule has 0 radical (unpaired) electrons. The van der Waals surface area contributed by atoms with Gasteiger partial charge in [0.25, 0.3) is 0 Å². The fourth-order valence-corrected chi connectivity index (χ4v) is 3.89. The van der Waals surface area contributed by atoms with E-state index in [2.05, 4.69) is 4.72 Å². The van der Waals surface area contributed by atoms with Crippen LogP contribution in [-0.2, 0) is 14.8 Å². The predicted molar refractivity (Wildman–Crippen MR) is 98.6 cm³/mol. The van der Waals surface area contributed by atoms with Crippen LogP contribution in [0, 0.1) is 12.7 Å². The molecular weight excluding hydrogens is 355 g/mol. The van der Waals surface area contributed by atoms with Gasteiger partial charge in [-0.3, -0.25) is 4.79 Å². The van der Waals surface area contributed by atoms with Crippen LogP contribution in [0.5, 0.6) is 0 Å². The summed E-state index contributed by atoms with van der Waals surface area (Å²) in [5, 5.41) is 0. The molecule has 0 aliphatic carbocycles. The van der Waals surface area contributed by atoms with Crippen molar-refractivity contribution in [2.45, 2.75) is 31.7 Å². The number of likely N-dealkylation sites (N-methyl/N-ethyl adjacent to an activating group) is 1. The first-order chi connectivity index (χ1) is 12.3. The van der Waals surface area contributed by atoms with Crippen molar-refractivity contribution in [2.75, 3.05) is 13.1 Å². The van der Waals surface area contributed by atoms with E-state index in [-0.39, 0.29) is 16.4 Å². The normalized spacial score (nSPS) is 12.6. The number of benzene rings is 2. The van der Waals surface area contributed by atoms with Gasteiger partial charge < -0.3 is 4.90 Å². The first-order valence-corrected chi connectivity index (χ1v) is 9.90. The van der Waals surface area contributed by atoms with Gasteiger partial charge in [0.2, 0.25) is 15.9 Å². The van der Waals surface area contributed by atoms with Crippen LogP contribution in [0.4, 0.5) is 4.39 Å². The molecule has 0 saturated carbocycles. The van der Waals surface area contributed by atoms with Gasteiger partial charge in [-0.15, -0.1) is 0 Å². The van der Waals surface area contributed by atoms with Gasteiger partial charge in [-0.1, -0.05) is 30.3 Å². The number of nitrogens with one attached hydrogen (secondary N) is 1. The van der Waals surface area contributed by atoms with Crippen molar-refractivity contribution >= 4 is 15.9 Å². The zero-order valence-corrected chi connectivity index (χ0v) is 15.9. The molecule has 0 heterocycles. The van der Waals surface area contributed by atoms with Gasteiger partial charge in [-0.05, 0) is 50.1 Å². The zero-order valence-electron chi connectivity index (χ0n) is 15.1. The molecule has 140 valence electrons. The summed E-state index contributed by atoms with van der Waals surface area (Å²) in [6.07, 6.45) is 0. The highest BCUT2D eigenvalue weighted by molar-refractivity contribution is 7.89. The number of hydrogen-bond donors (Lipinski definition) is 1. The van der Waals surface area contributed by atoms with E-state index in [4.69, 9.17) is 0 Å². The van der Waals surface area contributed by atoms with Crippen molar-refractivity contribution < 1.29 is 17.6 Å². The summed E-state index contributed by atoms with van der Waals surface area (Å²) in [6, 6.07) is 11.2. The van der Waals surface area contributed by atoms with Crippen LogP contribution in [-0.4, -0.2) is 32.3 Å². The van der Waals surface area contributed by atoms with Crippen molar-refractivity contribution in [1.82, 2.24) is 9.62 Å². The van der Waals surface area contributed by atoms with Crippen molar-refractivity contribution in [3.05, 3.63) is 65.5 Å². The third-order valence-corrected chi connectivity index (χ3v) is 5.59. The average Bonchev–Trinajstić information content (AvgIpc) is 2.63. The standard InChI is InChI=1S/C19H23FN2O3S/c1-4-22(5-2)19(23)18(15-9-7-6-8-10-15)21-26(24,25)16-11-12-17(20)14(3)13-16/h6-13,18,21H,4-5H2,1-3H3/t18-/m0/s1. The van der Waals surface area contributed by atoms with Crippen LogP contribution in [0.1, 0.15) is 31.0 Å². The molecule has 0 spiro atoms. The Labute approximate surface area is 153 Å². The second-order valence-corrected chi connectivity index (χ2v) is 7.60. The molecule has 0 aliphatic heterocycles. The maximum absolute atomic E-state index is 13.5. The molecule has 1 atom stereocenters. The Morgan fingerprint density at radius 3 is 2.27 bits per heavy atom. The van der Waals surface area contributed by atoms with Crippen LogP contribution >= 0.6 is 0 Å². The lowest BCUT2D eigenvalue weighted by molar-refractivity contribution is -0.132. The Bertz CT molecular complexity index is 866. The second kappa shape index (κ2) is 8.42. The number of carbonyl (C=O) groups excluding carboxylic acids is 1. The minimum Gasteiger partial charge on any atom is -0.342 e. The van der Waals surface area contributed by atoms with E-state index < -0.39 is 21.9 Å². The van der Waals surface area contributed by atoms with Gasteiger partial charge in [-0.2, -0.15) is 4.72 Å². The third kappa shape index (κ3) is 4.47. The topological polar surface area (TPSA) is 66.5 Å². The molecule has 0 unspecified atom stereocenters. The Hall–Kier alpha value is -2.25. The van der Waals surface area contributed by atoms with Crippen LogP contribution in [0.2, 0.25) is 0 Å². The highest BCUT2D eigenvalue weighted by atomic mass is 32.2. The highest BCUT2D eigenvalue weighted by Crippen LogP contribution is 2.21. The molecule has 0 saturated heterocycles. The van der Waals surface area contributed by atoms with E-state index in [9.17, 15) is 17.6 Å². The van der Waals surface area contributed by atoms with E-state index in [1.807, 2.05) is 13.8 Å². The van der Waals surface area contributed by atoms with Gasteiger partial charge >= 0.3 is 0 Å². The lowest BCUT2D eigenvalue weighted by Crippen LogP contribution is -2.42. The largest absolute Gasteiger partial charge is 0.342 e. The number of rotatable bonds is 7. The van der Waals surface area contributed by atoms with Crippen LogP contribution in [0.25, 0.3) is 0 Å². The molecule has 2 rings (SSSR count). The summed E-state index contributed by atoms with van der Waals surface area (Å²) < 4.78 is 41.5. The van der Waals surface area contributed by atoms with Crippen LogP contribution in [0.15, 0.2) is 53.4 Å². The Morgan fingerprint density at radius 1 is 1.12 bits per heavy atom. The quantitative estimate of drug-likeness (QED) is 0.805. The molecule has 2 aromatic rings. The summed E-state index contributed by atoms with van der Waals surface area (Å²) in [5.74, 6) is -0.814. The Kier molecular flexibility index (Phi) is 6.50. The molecule has 26 heavy (non-hydrogen) atoms. The van der Waals surface area contributed by atoms with Gasteiger partial charge in [0, 0.05) is 13.1 Å². The van der Waals surface area contributed by atoms with Crippen LogP contribution < -0.4 is 4.72 Å². The van der Waals surface area contributed by atoms with E-state index in [1.165, 1.54) is 19.1 Å². The molecule has 0 aliphatic rings. The highest BCUT2D eigenvalue weighted by Gasteiger charge is 2.29. The number of halogens is 1. The van der Waals surface area contributed by atoms with Gasteiger partial charge in [-0.25, -0.2) is 12.8 Å². The maximum atomic E-state index is 13.5. The fourth-order valence-electron chi connectivity index (χ4n) is 2.63. The zero-order chi connectivity index (χ0) is 19.3. The van der Waals surface area contributed by atoms with E-state index >= 15 is 0 Å². The Balaban J connectivity index is 2.42. The van der Waals surface area contributed by atoms with Crippen molar-refractivity contribution in [3.8, 4) is 0 Å². The molecule has 7 heteroatoms. The number of nitrogens with zero attached hydrogens (tertiary/aromatic N) is 1. The molecule has 1 N–H and O–H groups in total. The van der Waals surface area contributed by atoms with Gasteiger partial charge in [0.05, 0.1) is 4.90 Å².